The number of benzene rings is 2. The second-order valence-corrected chi connectivity index (χ2v) is 8.80. The van der Waals surface area contributed by atoms with Gasteiger partial charge in [0, 0.05) is 28.6 Å². The van der Waals surface area contributed by atoms with Crippen molar-refractivity contribution >= 4 is 73.8 Å². The highest BCUT2D eigenvalue weighted by molar-refractivity contribution is 9.10. The number of carbonyl (C=O) groups is 2. The van der Waals surface area contributed by atoms with Gasteiger partial charge in [-0.05, 0) is 69.2 Å². The molecular formula is C19H15BrCl2N2O2S. The van der Waals surface area contributed by atoms with E-state index in [4.69, 9.17) is 23.2 Å². The summed E-state index contributed by atoms with van der Waals surface area (Å²) in [6.45, 7) is 0.112. The molecule has 2 amide bonds. The van der Waals surface area contributed by atoms with E-state index in [2.05, 4.69) is 15.9 Å². The molecule has 0 aliphatic carbocycles. The fraction of sp³-hybridized carbons (Fsp3) is 0.158. The van der Waals surface area contributed by atoms with Crippen molar-refractivity contribution in [3.05, 3.63) is 66.9 Å². The largest absolute Gasteiger partial charge is 0.377 e. The van der Waals surface area contributed by atoms with E-state index < -0.39 is 0 Å². The van der Waals surface area contributed by atoms with Crippen molar-refractivity contribution in [3.8, 4) is 0 Å². The fourth-order valence-electron chi connectivity index (χ4n) is 2.58. The van der Waals surface area contributed by atoms with Gasteiger partial charge in [0.2, 0.25) is 0 Å². The molecule has 1 heterocycles. The van der Waals surface area contributed by atoms with Gasteiger partial charge in [0.05, 0.1) is 17.1 Å². The van der Waals surface area contributed by atoms with Crippen LogP contribution in [0.15, 0.2) is 45.8 Å². The Morgan fingerprint density at radius 3 is 2.52 bits per heavy atom. The molecule has 27 heavy (non-hydrogen) atoms. The van der Waals surface area contributed by atoms with E-state index in [0.717, 1.165) is 27.5 Å². The molecule has 4 nitrogen and oxygen atoms in total. The molecule has 3 rings (SSSR count). The number of hydrogen-bond donors (Lipinski definition) is 0. The number of thioether (sulfide) groups is 1. The first-order valence-electron chi connectivity index (χ1n) is 7.92. The molecule has 1 fully saturated rings. The summed E-state index contributed by atoms with van der Waals surface area (Å²) in [5.41, 5.74) is 2.53. The van der Waals surface area contributed by atoms with Crippen LogP contribution in [0.5, 0.6) is 0 Å². The number of imide groups is 1. The second kappa shape index (κ2) is 8.27. The highest BCUT2D eigenvalue weighted by Crippen LogP contribution is 2.35. The van der Waals surface area contributed by atoms with Gasteiger partial charge in [0.15, 0.2) is 0 Å². The number of nitrogens with zero attached hydrogens (tertiary/aromatic N) is 2. The van der Waals surface area contributed by atoms with Gasteiger partial charge in [-0.2, -0.15) is 0 Å². The average molecular weight is 486 g/mol. The molecule has 0 bridgehead atoms. The molecule has 0 unspecified atom stereocenters. The third-order valence-electron chi connectivity index (χ3n) is 3.97. The first kappa shape index (κ1) is 20.3. The summed E-state index contributed by atoms with van der Waals surface area (Å²) in [5, 5.41) is 0.611. The molecule has 0 N–H and O–H groups in total. The van der Waals surface area contributed by atoms with Crippen molar-refractivity contribution in [2.75, 3.05) is 19.0 Å². The number of carbonyl (C=O) groups excluding carboxylic acids is 2. The Kier molecular flexibility index (Phi) is 6.21. The molecule has 0 atom stereocenters. The van der Waals surface area contributed by atoms with Gasteiger partial charge in [-0.3, -0.25) is 14.5 Å². The molecule has 2 aromatic rings. The average Bonchev–Trinajstić information content (AvgIpc) is 2.84. The fourth-order valence-corrected chi connectivity index (χ4v) is 4.64. The number of hydrogen-bond acceptors (Lipinski definition) is 4. The second-order valence-electron chi connectivity index (χ2n) is 6.11. The van der Waals surface area contributed by atoms with E-state index in [1.807, 2.05) is 37.2 Å². The summed E-state index contributed by atoms with van der Waals surface area (Å²) >= 11 is 16.5. The smallest absolute Gasteiger partial charge is 0.293 e. The maximum Gasteiger partial charge on any atom is 0.293 e. The van der Waals surface area contributed by atoms with E-state index in [-0.39, 0.29) is 17.7 Å². The summed E-state index contributed by atoms with van der Waals surface area (Å²) in [7, 11) is 3.90. The first-order chi connectivity index (χ1) is 12.8. The number of amides is 2. The van der Waals surface area contributed by atoms with Gasteiger partial charge in [0.25, 0.3) is 11.1 Å². The minimum absolute atomic E-state index is 0.112. The molecule has 1 aliphatic rings. The number of anilines is 1. The maximum atomic E-state index is 12.7. The van der Waals surface area contributed by atoms with Crippen LogP contribution in [0.1, 0.15) is 11.1 Å². The summed E-state index contributed by atoms with van der Waals surface area (Å²) in [4.78, 5) is 28.6. The van der Waals surface area contributed by atoms with Crippen molar-refractivity contribution in [1.82, 2.24) is 4.90 Å². The molecule has 0 saturated carbocycles. The van der Waals surface area contributed by atoms with E-state index in [1.54, 1.807) is 24.3 Å². The highest BCUT2D eigenvalue weighted by Gasteiger charge is 2.35. The van der Waals surface area contributed by atoms with Crippen LogP contribution in [-0.4, -0.2) is 30.1 Å². The Balaban J connectivity index is 1.83. The highest BCUT2D eigenvalue weighted by atomic mass is 79.9. The van der Waals surface area contributed by atoms with Crippen LogP contribution < -0.4 is 4.90 Å². The topological polar surface area (TPSA) is 40.6 Å². The van der Waals surface area contributed by atoms with Crippen molar-refractivity contribution in [1.29, 1.82) is 0 Å². The first-order valence-corrected chi connectivity index (χ1v) is 10.3. The zero-order chi connectivity index (χ0) is 19.7. The zero-order valence-corrected chi connectivity index (χ0v) is 18.4. The van der Waals surface area contributed by atoms with Crippen LogP contribution in [0.3, 0.4) is 0 Å². The predicted molar refractivity (Wildman–Crippen MR) is 116 cm³/mol. The zero-order valence-electron chi connectivity index (χ0n) is 14.5. The van der Waals surface area contributed by atoms with E-state index in [9.17, 15) is 9.59 Å². The lowest BCUT2D eigenvalue weighted by atomic mass is 10.1. The van der Waals surface area contributed by atoms with Crippen molar-refractivity contribution < 1.29 is 9.59 Å². The minimum Gasteiger partial charge on any atom is -0.377 e. The van der Waals surface area contributed by atoms with Crippen molar-refractivity contribution in [3.63, 3.8) is 0 Å². The summed E-state index contributed by atoms with van der Waals surface area (Å²) in [6.07, 6.45) is 1.72. The van der Waals surface area contributed by atoms with Crippen molar-refractivity contribution in [2.24, 2.45) is 0 Å². The molecule has 1 saturated heterocycles. The number of rotatable bonds is 4. The van der Waals surface area contributed by atoms with E-state index >= 15 is 0 Å². The summed E-state index contributed by atoms with van der Waals surface area (Å²) < 4.78 is 0.911. The Hall–Kier alpha value is -1.47. The maximum absolute atomic E-state index is 12.7. The molecule has 140 valence electrons. The standard InChI is InChI=1S/C19H15BrCl2N2O2S/c1-23(2)16-6-3-11(7-14(16)20)8-17-18(25)24(19(26)27-17)10-12-4-5-13(21)9-15(12)22/h3-9H,10H2,1-2H3/b17-8-. The lowest BCUT2D eigenvalue weighted by molar-refractivity contribution is -0.123. The monoisotopic (exact) mass is 484 g/mol. The van der Waals surface area contributed by atoms with E-state index in [0.29, 0.717) is 20.5 Å². The van der Waals surface area contributed by atoms with Gasteiger partial charge >= 0.3 is 0 Å². The molecule has 0 radical (unpaired) electrons. The molecular weight excluding hydrogens is 471 g/mol. The van der Waals surface area contributed by atoms with Gasteiger partial charge in [-0.1, -0.05) is 35.3 Å². The van der Waals surface area contributed by atoms with Gasteiger partial charge in [-0.25, -0.2) is 0 Å². The molecule has 1 aliphatic heterocycles. The predicted octanol–water partition coefficient (Wildman–Crippen LogP) is 6.06. The van der Waals surface area contributed by atoms with Crippen LogP contribution in [0, 0.1) is 0 Å². The van der Waals surface area contributed by atoms with E-state index in [1.165, 1.54) is 4.90 Å². The third kappa shape index (κ3) is 4.51. The van der Waals surface area contributed by atoms with Crippen LogP contribution in [0.2, 0.25) is 10.0 Å². The Labute approximate surface area is 180 Å². The molecule has 8 heteroatoms. The normalized spacial score (nSPS) is 15.7. The lowest BCUT2D eigenvalue weighted by Gasteiger charge is -2.15. The SMILES string of the molecule is CN(C)c1ccc(/C=C2\SC(=O)N(Cc3ccc(Cl)cc3Cl)C2=O)cc1Br. The van der Waals surface area contributed by atoms with Crippen molar-refractivity contribution in [2.45, 2.75) is 6.54 Å². The Bertz CT molecular complexity index is 963. The van der Waals surface area contributed by atoms with Crippen LogP contribution in [0.4, 0.5) is 10.5 Å². The third-order valence-corrected chi connectivity index (χ3v) is 6.10. The van der Waals surface area contributed by atoms with Crippen LogP contribution in [0.25, 0.3) is 6.08 Å². The van der Waals surface area contributed by atoms with Crippen LogP contribution >= 0.6 is 50.9 Å². The number of halogens is 3. The lowest BCUT2D eigenvalue weighted by Crippen LogP contribution is -2.27. The van der Waals surface area contributed by atoms with Crippen LogP contribution in [-0.2, 0) is 11.3 Å². The van der Waals surface area contributed by atoms with Gasteiger partial charge < -0.3 is 4.90 Å². The molecule has 2 aromatic carbocycles. The Morgan fingerprint density at radius 1 is 1.15 bits per heavy atom. The quantitative estimate of drug-likeness (QED) is 0.493. The summed E-state index contributed by atoms with van der Waals surface area (Å²) in [5.74, 6) is -0.330. The molecule has 0 spiro atoms. The van der Waals surface area contributed by atoms with Gasteiger partial charge in [-0.15, -0.1) is 0 Å². The minimum atomic E-state index is -0.330. The van der Waals surface area contributed by atoms with Gasteiger partial charge in [0.1, 0.15) is 0 Å². The molecule has 0 aromatic heterocycles. The summed E-state index contributed by atoms with van der Waals surface area (Å²) in [6, 6.07) is 10.8. The Morgan fingerprint density at radius 2 is 1.89 bits per heavy atom.